The Hall–Kier alpha value is -3.09. The van der Waals surface area contributed by atoms with Crippen LogP contribution in [0.4, 0.5) is 5.95 Å². The number of nitrogens with zero attached hydrogens (tertiary/aromatic N) is 1. The average Bonchev–Trinajstić information content (AvgIpc) is 3.03. The summed E-state index contributed by atoms with van der Waals surface area (Å²) in [4.78, 5) is 33.8. The van der Waals surface area contributed by atoms with Crippen LogP contribution in [0.25, 0.3) is 11.0 Å². The molecule has 2 aromatic heterocycles. The second-order valence-electron chi connectivity index (χ2n) is 7.12. The van der Waals surface area contributed by atoms with Crippen LogP contribution in [-0.2, 0) is 12.8 Å². The van der Waals surface area contributed by atoms with Crippen LogP contribution < -0.4 is 16.6 Å². The molecule has 0 aliphatic carbocycles. The lowest BCUT2D eigenvalue weighted by molar-refractivity contribution is 0.0952. The van der Waals surface area contributed by atoms with Crippen molar-refractivity contribution < 1.29 is 4.79 Å². The quantitative estimate of drug-likeness (QED) is 0.513. The van der Waals surface area contributed by atoms with Gasteiger partial charge in [0.15, 0.2) is 0 Å². The van der Waals surface area contributed by atoms with Crippen molar-refractivity contribution in [1.29, 1.82) is 0 Å². The van der Waals surface area contributed by atoms with Gasteiger partial charge in [0.25, 0.3) is 11.5 Å². The molecule has 5 N–H and O–H groups in total. The summed E-state index contributed by atoms with van der Waals surface area (Å²) in [5.41, 5.74) is 8.48. The lowest BCUT2D eigenvalue weighted by atomic mass is 10.0. The standard InChI is InChI=1S/C20H25N5O2/c1-12(2)9-10-22-18(26)14-6-3-13(4-7-14)5-8-15-11-23-17-16(15)19(27)25-20(21)24-17/h3-4,6-7,11-12H,5,8-10H2,1-2H3,(H,22,26)(H4,21,23,24,25,27). The zero-order valence-electron chi connectivity index (χ0n) is 15.6. The molecule has 0 bridgehead atoms. The highest BCUT2D eigenvalue weighted by molar-refractivity contribution is 5.94. The Balaban J connectivity index is 1.62. The van der Waals surface area contributed by atoms with Gasteiger partial charge in [-0.3, -0.25) is 14.6 Å². The van der Waals surface area contributed by atoms with Gasteiger partial charge in [-0.15, -0.1) is 0 Å². The number of anilines is 1. The van der Waals surface area contributed by atoms with Gasteiger partial charge >= 0.3 is 0 Å². The Morgan fingerprint density at radius 3 is 2.67 bits per heavy atom. The summed E-state index contributed by atoms with van der Waals surface area (Å²) in [5, 5.41) is 3.48. The number of aryl methyl sites for hydroxylation is 2. The minimum absolute atomic E-state index is 0.0472. The highest BCUT2D eigenvalue weighted by Gasteiger charge is 2.10. The minimum Gasteiger partial charge on any atom is -0.369 e. The van der Waals surface area contributed by atoms with Gasteiger partial charge < -0.3 is 16.0 Å². The predicted octanol–water partition coefficient (Wildman–Crippen LogP) is 2.39. The molecule has 3 rings (SSSR count). The van der Waals surface area contributed by atoms with Crippen molar-refractivity contribution in [1.82, 2.24) is 20.3 Å². The largest absolute Gasteiger partial charge is 0.369 e. The SMILES string of the molecule is CC(C)CCNC(=O)c1ccc(CCc2c[nH]c3nc(N)[nH]c(=O)c23)cc1. The smallest absolute Gasteiger partial charge is 0.262 e. The number of carbonyl (C=O) groups excluding carboxylic acids is 1. The van der Waals surface area contributed by atoms with Crippen LogP contribution in [0.2, 0.25) is 0 Å². The number of nitrogens with two attached hydrogens (primary N) is 1. The fourth-order valence-electron chi connectivity index (χ4n) is 3.00. The number of hydrogen-bond acceptors (Lipinski definition) is 4. The molecule has 0 unspecified atom stereocenters. The highest BCUT2D eigenvalue weighted by Crippen LogP contribution is 2.16. The van der Waals surface area contributed by atoms with Crippen LogP contribution in [0.1, 0.15) is 41.8 Å². The van der Waals surface area contributed by atoms with Crippen LogP contribution in [0, 0.1) is 5.92 Å². The highest BCUT2D eigenvalue weighted by atomic mass is 16.1. The van der Waals surface area contributed by atoms with E-state index in [9.17, 15) is 9.59 Å². The van der Waals surface area contributed by atoms with Crippen LogP contribution >= 0.6 is 0 Å². The first-order chi connectivity index (χ1) is 12.9. The molecule has 0 saturated heterocycles. The second-order valence-corrected chi connectivity index (χ2v) is 7.12. The Morgan fingerprint density at radius 1 is 1.22 bits per heavy atom. The molecule has 0 fully saturated rings. The van der Waals surface area contributed by atoms with Gasteiger partial charge in [-0.05, 0) is 48.4 Å². The first-order valence-electron chi connectivity index (χ1n) is 9.17. The Labute approximate surface area is 157 Å². The van der Waals surface area contributed by atoms with Crippen molar-refractivity contribution in [2.45, 2.75) is 33.1 Å². The molecule has 0 aliphatic heterocycles. The summed E-state index contributed by atoms with van der Waals surface area (Å²) in [6, 6.07) is 7.58. The van der Waals surface area contributed by atoms with Gasteiger partial charge in [-0.25, -0.2) is 0 Å². The van der Waals surface area contributed by atoms with Crippen molar-refractivity contribution in [2.24, 2.45) is 5.92 Å². The molecule has 0 spiro atoms. The zero-order valence-corrected chi connectivity index (χ0v) is 15.6. The lowest BCUT2D eigenvalue weighted by Crippen LogP contribution is -2.25. The van der Waals surface area contributed by atoms with Gasteiger partial charge in [-0.2, -0.15) is 4.98 Å². The van der Waals surface area contributed by atoms with E-state index in [-0.39, 0.29) is 17.4 Å². The summed E-state index contributed by atoms with van der Waals surface area (Å²) >= 11 is 0. The molecular formula is C20H25N5O2. The number of carbonyl (C=O) groups is 1. The predicted molar refractivity (Wildman–Crippen MR) is 107 cm³/mol. The van der Waals surface area contributed by atoms with E-state index in [2.05, 4.69) is 34.1 Å². The zero-order chi connectivity index (χ0) is 19.4. The third-order valence-electron chi connectivity index (χ3n) is 4.55. The molecule has 0 atom stereocenters. The lowest BCUT2D eigenvalue weighted by Gasteiger charge is -2.08. The summed E-state index contributed by atoms with van der Waals surface area (Å²) in [6.45, 7) is 4.95. The van der Waals surface area contributed by atoms with Crippen LogP contribution in [0.3, 0.4) is 0 Å². The fourth-order valence-corrected chi connectivity index (χ4v) is 3.00. The number of nitrogens with one attached hydrogen (secondary N) is 3. The monoisotopic (exact) mass is 367 g/mol. The molecule has 1 aromatic carbocycles. The molecule has 0 aliphatic rings. The number of hydrogen-bond donors (Lipinski definition) is 4. The number of H-pyrrole nitrogens is 2. The topological polar surface area (TPSA) is 117 Å². The molecule has 0 saturated carbocycles. The maximum atomic E-state index is 12.1. The maximum Gasteiger partial charge on any atom is 0.262 e. The van der Waals surface area contributed by atoms with E-state index in [4.69, 9.17) is 5.73 Å². The number of aromatic amines is 2. The molecule has 1 amide bonds. The molecule has 142 valence electrons. The molecule has 7 heteroatoms. The molecule has 27 heavy (non-hydrogen) atoms. The number of benzene rings is 1. The van der Waals surface area contributed by atoms with Crippen molar-refractivity contribution in [3.8, 4) is 0 Å². The van der Waals surface area contributed by atoms with Gasteiger partial charge in [-0.1, -0.05) is 26.0 Å². The minimum atomic E-state index is -0.234. The maximum absolute atomic E-state index is 12.1. The van der Waals surface area contributed by atoms with Crippen LogP contribution in [0.15, 0.2) is 35.3 Å². The summed E-state index contributed by atoms with van der Waals surface area (Å²) in [6.07, 6.45) is 4.21. The third kappa shape index (κ3) is 4.55. The molecule has 0 radical (unpaired) electrons. The van der Waals surface area contributed by atoms with E-state index in [1.54, 1.807) is 6.20 Å². The molecule has 7 nitrogen and oxygen atoms in total. The van der Waals surface area contributed by atoms with E-state index >= 15 is 0 Å². The molecular weight excluding hydrogens is 342 g/mol. The average molecular weight is 367 g/mol. The van der Waals surface area contributed by atoms with E-state index < -0.39 is 0 Å². The number of amides is 1. The fraction of sp³-hybridized carbons (Fsp3) is 0.350. The number of nitrogen functional groups attached to an aromatic ring is 1. The van der Waals surface area contributed by atoms with E-state index in [1.807, 2.05) is 24.3 Å². The Kier molecular flexibility index (Phi) is 5.59. The Bertz CT molecular complexity index is 986. The molecule has 3 aromatic rings. The van der Waals surface area contributed by atoms with Crippen molar-refractivity contribution >= 4 is 22.9 Å². The third-order valence-corrected chi connectivity index (χ3v) is 4.55. The summed E-state index contributed by atoms with van der Waals surface area (Å²) < 4.78 is 0. The van der Waals surface area contributed by atoms with E-state index in [0.29, 0.717) is 35.5 Å². The van der Waals surface area contributed by atoms with Crippen LogP contribution in [0.5, 0.6) is 0 Å². The van der Waals surface area contributed by atoms with Gasteiger partial charge in [0.1, 0.15) is 5.65 Å². The van der Waals surface area contributed by atoms with Gasteiger partial charge in [0.05, 0.1) is 5.39 Å². The normalized spacial score (nSPS) is 11.2. The van der Waals surface area contributed by atoms with Gasteiger partial charge in [0, 0.05) is 18.3 Å². The summed E-state index contributed by atoms with van der Waals surface area (Å²) in [5.74, 6) is 0.619. The number of rotatable bonds is 7. The van der Waals surface area contributed by atoms with Crippen molar-refractivity contribution in [3.05, 3.63) is 57.5 Å². The molecule has 2 heterocycles. The van der Waals surface area contributed by atoms with Crippen molar-refractivity contribution in [2.75, 3.05) is 12.3 Å². The van der Waals surface area contributed by atoms with E-state index in [1.165, 1.54) is 0 Å². The van der Waals surface area contributed by atoms with Crippen LogP contribution in [-0.4, -0.2) is 27.4 Å². The van der Waals surface area contributed by atoms with Crippen molar-refractivity contribution in [3.63, 3.8) is 0 Å². The van der Waals surface area contributed by atoms with E-state index in [0.717, 1.165) is 24.0 Å². The first kappa shape index (κ1) is 18.7. The first-order valence-corrected chi connectivity index (χ1v) is 9.17. The second kappa shape index (κ2) is 8.07. The number of fused-ring (bicyclic) bond motifs is 1. The Morgan fingerprint density at radius 2 is 1.96 bits per heavy atom. The van der Waals surface area contributed by atoms with Gasteiger partial charge in [0.2, 0.25) is 5.95 Å². The summed E-state index contributed by atoms with van der Waals surface area (Å²) in [7, 11) is 0. The number of aromatic nitrogens is 3.